The number of rotatable bonds is 5. The van der Waals surface area contributed by atoms with Crippen LogP contribution in [0.2, 0.25) is 0 Å². The summed E-state index contributed by atoms with van der Waals surface area (Å²) >= 11 is 0. The molecule has 1 aliphatic rings. The lowest BCUT2D eigenvalue weighted by molar-refractivity contribution is -0.124. The standard InChI is InChI=1S/C20H22N4O2/c1-13-8-14(2)10-16(9-13)22-18(25)11-17-19(26)24-20(23-17)21-12-15-6-4-3-5-7-15/h3-10,17H,11-12H2,1-2H3,(H,22,25)(H2,21,23,24,26). The Hall–Kier alpha value is -3.15. The number of amides is 2. The summed E-state index contributed by atoms with van der Waals surface area (Å²) in [5.74, 6) is -0.0533. The summed E-state index contributed by atoms with van der Waals surface area (Å²) in [6, 6.07) is 15.0. The minimum absolute atomic E-state index is 0.0448. The molecule has 26 heavy (non-hydrogen) atoms. The molecule has 134 valence electrons. The normalized spacial score (nSPS) is 17.7. The first kappa shape index (κ1) is 17.7. The van der Waals surface area contributed by atoms with E-state index in [9.17, 15) is 9.59 Å². The number of aryl methyl sites for hydroxylation is 2. The number of nitrogens with one attached hydrogen (secondary N) is 3. The number of carbonyl (C=O) groups is 2. The number of nitrogens with zero attached hydrogens (tertiary/aromatic N) is 1. The van der Waals surface area contributed by atoms with Crippen molar-refractivity contribution in [2.24, 2.45) is 4.99 Å². The molecule has 0 aromatic heterocycles. The summed E-state index contributed by atoms with van der Waals surface area (Å²) in [6.45, 7) is 4.42. The fourth-order valence-electron chi connectivity index (χ4n) is 2.90. The summed E-state index contributed by atoms with van der Waals surface area (Å²) in [5, 5.41) is 8.51. The molecule has 2 amide bonds. The minimum atomic E-state index is -0.615. The molecule has 0 spiro atoms. The average molecular weight is 350 g/mol. The van der Waals surface area contributed by atoms with Gasteiger partial charge < -0.3 is 10.6 Å². The van der Waals surface area contributed by atoms with Crippen LogP contribution < -0.4 is 16.0 Å². The minimum Gasteiger partial charge on any atom is -0.344 e. The van der Waals surface area contributed by atoms with E-state index in [1.807, 2.05) is 62.4 Å². The average Bonchev–Trinajstić information content (AvgIpc) is 2.92. The lowest BCUT2D eigenvalue weighted by Crippen LogP contribution is -2.33. The van der Waals surface area contributed by atoms with Crippen LogP contribution in [-0.2, 0) is 16.1 Å². The molecule has 1 aliphatic heterocycles. The van der Waals surface area contributed by atoms with Crippen LogP contribution in [0, 0.1) is 13.8 Å². The summed E-state index contributed by atoms with van der Waals surface area (Å²) in [6.07, 6.45) is 0.0448. The van der Waals surface area contributed by atoms with Gasteiger partial charge in [0.25, 0.3) is 0 Å². The SMILES string of the molecule is Cc1cc(C)cc(NC(=O)CC2NC(=NCc3ccccc3)NC2=O)c1. The number of hydrogen-bond acceptors (Lipinski definition) is 3. The second-order valence-corrected chi connectivity index (χ2v) is 6.47. The number of aliphatic imine (C=N–C) groups is 1. The van der Waals surface area contributed by atoms with Crippen LogP contribution in [0.3, 0.4) is 0 Å². The molecule has 1 unspecified atom stereocenters. The molecule has 0 saturated carbocycles. The van der Waals surface area contributed by atoms with Crippen LogP contribution >= 0.6 is 0 Å². The molecule has 1 saturated heterocycles. The zero-order chi connectivity index (χ0) is 18.5. The van der Waals surface area contributed by atoms with Crippen LogP contribution in [0.4, 0.5) is 5.69 Å². The van der Waals surface area contributed by atoms with Crippen molar-refractivity contribution in [3.8, 4) is 0 Å². The maximum Gasteiger partial charge on any atom is 0.249 e. The van der Waals surface area contributed by atoms with E-state index >= 15 is 0 Å². The molecule has 0 aliphatic carbocycles. The van der Waals surface area contributed by atoms with Crippen molar-refractivity contribution in [3.63, 3.8) is 0 Å². The Morgan fingerprint density at radius 1 is 1.12 bits per heavy atom. The Labute approximate surface area is 152 Å². The molecule has 0 bridgehead atoms. The van der Waals surface area contributed by atoms with E-state index in [4.69, 9.17) is 0 Å². The van der Waals surface area contributed by atoms with E-state index in [1.54, 1.807) is 0 Å². The van der Waals surface area contributed by atoms with Gasteiger partial charge in [0.1, 0.15) is 6.04 Å². The molecular formula is C20H22N4O2. The fourth-order valence-corrected chi connectivity index (χ4v) is 2.90. The van der Waals surface area contributed by atoms with Crippen molar-refractivity contribution in [2.75, 3.05) is 5.32 Å². The van der Waals surface area contributed by atoms with Crippen molar-refractivity contribution >= 4 is 23.5 Å². The van der Waals surface area contributed by atoms with Gasteiger partial charge in [-0.2, -0.15) is 0 Å². The van der Waals surface area contributed by atoms with Crippen LogP contribution in [0.25, 0.3) is 0 Å². The zero-order valence-electron chi connectivity index (χ0n) is 14.9. The quantitative estimate of drug-likeness (QED) is 0.774. The highest BCUT2D eigenvalue weighted by Gasteiger charge is 2.30. The molecule has 6 nitrogen and oxygen atoms in total. The molecule has 0 radical (unpaired) electrons. The molecule has 3 rings (SSSR count). The van der Waals surface area contributed by atoms with E-state index in [1.165, 1.54) is 0 Å². The van der Waals surface area contributed by atoms with E-state index in [2.05, 4.69) is 20.9 Å². The Kier molecular flexibility index (Phi) is 5.31. The summed E-state index contributed by atoms with van der Waals surface area (Å²) < 4.78 is 0. The van der Waals surface area contributed by atoms with Crippen LogP contribution in [-0.4, -0.2) is 23.8 Å². The largest absolute Gasteiger partial charge is 0.344 e. The second kappa shape index (κ2) is 7.82. The van der Waals surface area contributed by atoms with Gasteiger partial charge in [-0.3, -0.25) is 14.9 Å². The second-order valence-electron chi connectivity index (χ2n) is 6.47. The predicted molar refractivity (Wildman–Crippen MR) is 102 cm³/mol. The summed E-state index contributed by atoms with van der Waals surface area (Å²) in [7, 11) is 0. The van der Waals surface area contributed by atoms with Crippen molar-refractivity contribution < 1.29 is 9.59 Å². The first-order valence-electron chi connectivity index (χ1n) is 8.53. The Balaban J connectivity index is 1.56. The molecule has 1 atom stereocenters. The topological polar surface area (TPSA) is 82.6 Å². The number of anilines is 1. The van der Waals surface area contributed by atoms with Gasteiger partial charge in [-0.25, -0.2) is 4.99 Å². The molecule has 2 aromatic carbocycles. The lowest BCUT2D eigenvalue weighted by Gasteiger charge is -2.10. The van der Waals surface area contributed by atoms with Crippen LogP contribution in [0.15, 0.2) is 53.5 Å². The monoisotopic (exact) mass is 350 g/mol. The van der Waals surface area contributed by atoms with Crippen LogP contribution in [0.5, 0.6) is 0 Å². The van der Waals surface area contributed by atoms with Crippen molar-refractivity contribution in [3.05, 3.63) is 65.2 Å². The molecule has 2 aromatic rings. The van der Waals surface area contributed by atoms with E-state index in [-0.39, 0.29) is 18.2 Å². The third-order valence-electron chi connectivity index (χ3n) is 4.03. The van der Waals surface area contributed by atoms with Gasteiger partial charge in [0.05, 0.1) is 13.0 Å². The smallest absolute Gasteiger partial charge is 0.249 e. The van der Waals surface area contributed by atoms with Gasteiger partial charge in [0.2, 0.25) is 11.8 Å². The zero-order valence-corrected chi connectivity index (χ0v) is 14.9. The van der Waals surface area contributed by atoms with Crippen molar-refractivity contribution in [1.82, 2.24) is 10.6 Å². The number of carbonyl (C=O) groups excluding carboxylic acids is 2. The van der Waals surface area contributed by atoms with E-state index in [0.717, 1.165) is 22.4 Å². The highest BCUT2D eigenvalue weighted by molar-refractivity contribution is 6.08. The fraction of sp³-hybridized carbons (Fsp3) is 0.250. The predicted octanol–water partition coefficient (Wildman–Crippen LogP) is 2.28. The number of benzene rings is 2. The van der Waals surface area contributed by atoms with Gasteiger partial charge >= 0.3 is 0 Å². The summed E-state index contributed by atoms with van der Waals surface area (Å²) in [4.78, 5) is 28.7. The van der Waals surface area contributed by atoms with Crippen LogP contribution in [0.1, 0.15) is 23.1 Å². The van der Waals surface area contributed by atoms with Gasteiger partial charge in [0.15, 0.2) is 5.96 Å². The molecule has 3 N–H and O–H groups in total. The Bertz CT molecular complexity index is 826. The Morgan fingerprint density at radius 2 is 1.81 bits per heavy atom. The summed E-state index contributed by atoms with van der Waals surface area (Å²) in [5.41, 5.74) is 3.94. The number of guanidine groups is 1. The van der Waals surface area contributed by atoms with Crippen molar-refractivity contribution in [1.29, 1.82) is 0 Å². The highest BCUT2D eigenvalue weighted by Crippen LogP contribution is 2.14. The number of hydrogen-bond donors (Lipinski definition) is 3. The molecule has 1 fully saturated rings. The Morgan fingerprint density at radius 3 is 2.50 bits per heavy atom. The van der Waals surface area contributed by atoms with Gasteiger partial charge in [-0.1, -0.05) is 36.4 Å². The van der Waals surface area contributed by atoms with Gasteiger partial charge in [-0.05, 0) is 42.7 Å². The maximum absolute atomic E-state index is 12.3. The van der Waals surface area contributed by atoms with E-state index in [0.29, 0.717) is 12.5 Å². The van der Waals surface area contributed by atoms with E-state index < -0.39 is 6.04 Å². The third-order valence-corrected chi connectivity index (χ3v) is 4.03. The first-order valence-corrected chi connectivity index (χ1v) is 8.53. The third kappa shape index (κ3) is 4.69. The van der Waals surface area contributed by atoms with Crippen molar-refractivity contribution in [2.45, 2.75) is 32.9 Å². The molecular weight excluding hydrogens is 328 g/mol. The first-order chi connectivity index (χ1) is 12.5. The maximum atomic E-state index is 12.3. The van der Waals surface area contributed by atoms with Gasteiger partial charge in [0, 0.05) is 5.69 Å². The lowest BCUT2D eigenvalue weighted by atomic mass is 10.1. The molecule has 1 heterocycles. The van der Waals surface area contributed by atoms with Gasteiger partial charge in [-0.15, -0.1) is 0 Å². The highest BCUT2D eigenvalue weighted by atomic mass is 16.2. The molecule has 6 heteroatoms.